The Morgan fingerprint density at radius 3 is 2.65 bits per heavy atom. The van der Waals surface area contributed by atoms with Crippen LogP contribution in [-0.4, -0.2) is 12.3 Å². The highest BCUT2D eigenvalue weighted by molar-refractivity contribution is 5.68. The maximum Gasteiger partial charge on any atom is 0.573 e. The van der Waals surface area contributed by atoms with Crippen LogP contribution in [0, 0.1) is 0 Å². The minimum Gasteiger partial charge on any atom is -0.461 e. The maximum atomic E-state index is 11.9. The molecule has 17 heavy (non-hydrogen) atoms. The zero-order valence-corrected chi connectivity index (χ0v) is 9.08. The van der Waals surface area contributed by atoms with E-state index in [1.54, 1.807) is 13.0 Å². The number of benzene rings is 1. The lowest BCUT2D eigenvalue weighted by Crippen LogP contribution is -2.17. The molecule has 0 radical (unpaired) electrons. The molecule has 0 bridgehead atoms. The topological polar surface area (TPSA) is 35.5 Å². The van der Waals surface area contributed by atoms with Crippen LogP contribution in [0.2, 0.25) is 0 Å². The highest BCUT2D eigenvalue weighted by Gasteiger charge is 2.31. The van der Waals surface area contributed by atoms with Gasteiger partial charge in [-0.05, 0) is 17.7 Å². The summed E-state index contributed by atoms with van der Waals surface area (Å²) in [5.41, 5.74) is 0.438. The van der Waals surface area contributed by atoms with Crippen molar-refractivity contribution < 1.29 is 27.4 Å². The molecular weight excluding hydrogens is 237 g/mol. The lowest BCUT2D eigenvalue weighted by molar-refractivity contribution is -0.274. The van der Waals surface area contributed by atoms with Crippen molar-refractivity contribution in [1.82, 2.24) is 0 Å². The van der Waals surface area contributed by atoms with Gasteiger partial charge >= 0.3 is 12.3 Å². The fourth-order valence-corrected chi connectivity index (χ4v) is 1.10. The molecule has 0 aliphatic carbocycles. The average Bonchev–Trinajstić information content (AvgIpc) is 2.24. The Balaban J connectivity index is 2.63. The Bertz CT molecular complexity index is 388. The first-order valence-electron chi connectivity index (χ1n) is 4.91. The second-order valence-electron chi connectivity index (χ2n) is 3.21. The molecule has 0 saturated heterocycles. The summed E-state index contributed by atoms with van der Waals surface area (Å²) in [5, 5.41) is 0. The third kappa shape index (κ3) is 5.24. The molecule has 0 atom stereocenters. The first kappa shape index (κ1) is 13.3. The minimum absolute atomic E-state index is 0.0677. The van der Waals surface area contributed by atoms with Gasteiger partial charge in [0.15, 0.2) is 0 Å². The summed E-state index contributed by atoms with van der Waals surface area (Å²) in [6, 6.07) is 5.30. The van der Waals surface area contributed by atoms with Gasteiger partial charge in [-0.2, -0.15) is 0 Å². The lowest BCUT2D eigenvalue weighted by atomic mass is 10.2. The van der Waals surface area contributed by atoms with Crippen LogP contribution in [0.3, 0.4) is 0 Å². The summed E-state index contributed by atoms with van der Waals surface area (Å²) in [5.74, 6) is -0.741. The lowest BCUT2D eigenvalue weighted by Gasteiger charge is -2.10. The van der Waals surface area contributed by atoms with Crippen LogP contribution in [0.5, 0.6) is 5.75 Å². The molecule has 1 aromatic rings. The second kappa shape index (κ2) is 5.56. The van der Waals surface area contributed by atoms with Crippen LogP contribution in [0.1, 0.15) is 18.9 Å². The number of ether oxygens (including phenoxy) is 2. The molecule has 0 heterocycles. The molecule has 0 saturated carbocycles. The molecular formula is C11H11F3O3. The normalized spacial score (nSPS) is 11.1. The van der Waals surface area contributed by atoms with E-state index in [1.807, 2.05) is 0 Å². The summed E-state index contributed by atoms with van der Waals surface area (Å²) in [6.07, 6.45) is -4.50. The molecule has 94 valence electrons. The number of halogens is 3. The fourth-order valence-electron chi connectivity index (χ4n) is 1.10. The van der Waals surface area contributed by atoms with Crippen LogP contribution >= 0.6 is 0 Å². The largest absolute Gasteiger partial charge is 0.573 e. The standard InChI is InChI=1S/C11H11F3O3/c1-2-10(15)16-7-8-4-3-5-9(6-8)17-11(12,13)14/h3-6H,2,7H2,1H3. The van der Waals surface area contributed by atoms with E-state index in [9.17, 15) is 18.0 Å². The SMILES string of the molecule is CCC(=O)OCc1cccc(OC(F)(F)F)c1. The Morgan fingerprint density at radius 2 is 2.06 bits per heavy atom. The smallest absolute Gasteiger partial charge is 0.461 e. The van der Waals surface area contributed by atoms with Crippen LogP contribution < -0.4 is 4.74 Å². The van der Waals surface area contributed by atoms with Gasteiger partial charge in [0.1, 0.15) is 12.4 Å². The van der Waals surface area contributed by atoms with E-state index >= 15 is 0 Å². The Labute approximate surface area is 96.1 Å². The molecule has 1 aromatic carbocycles. The monoisotopic (exact) mass is 248 g/mol. The molecule has 0 amide bonds. The molecule has 1 rings (SSSR count). The molecule has 0 aromatic heterocycles. The number of carbonyl (C=O) groups is 1. The van der Waals surface area contributed by atoms with Gasteiger partial charge in [0, 0.05) is 6.42 Å². The third-order valence-electron chi connectivity index (χ3n) is 1.82. The van der Waals surface area contributed by atoms with Crippen molar-refractivity contribution in [3.63, 3.8) is 0 Å². The molecule has 0 aliphatic rings. The van der Waals surface area contributed by atoms with Crippen molar-refractivity contribution in [1.29, 1.82) is 0 Å². The molecule has 0 unspecified atom stereocenters. The minimum atomic E-state index is -4.72. The summed E-state index contributed by atoms with van der Waals surface area (Å²) in [6.45, 7) is 1.56. The number of hydrogen-bond donors (Lipinski definition) is 0. The molecule has 0 fully saturated rings. The number of esters is 1. The van der Waals surface area contributed by atoms with Crippen molar-refractivity contribution >= 4 is 5.97 Å². The first-order valence-corrected chi connectivity index (χ1v) is 4.91. The summed E-state index contributed by atoms with van der Waals surface area (Å²) >= 11 is 0. The quantitative estimate of drug-likeness (QED) is 0.768. The Morgan fingerprint density at radius 1 is 1.35 bits per heavy atom. The van der Waals surface area contributed by atoms with E-state index in [4.69, 9.17) is 4.74 Å². The van der Waals surface area contributed by atoms with E-state index in [-0.39, 0.29) is 18.8 Å². The van der Waals surface area contributed by atoms with E-state index in [0.29, 0.717) is 5.56 Å². The van der Waals surface area contributed by atoms with Crippen molar-refractivity contribution in [2.24, 2.45) is 0 Å². The summed E-state index contributed by atoms with van der Waals surface area (Å²) < 4.78 is 44.3. The molecule has 0 spiro atoms. The van der Waals surface area contributed by atoms with Gasteiger partial charge in [-0.15, -0.1) is 13.2 Å². The van der Waals surface area contributed by atoms with E-state index < -0.39 is 12.3 Å². The zero-order chi connectivity index (χ0) is 12.9. The third-order valence-corrected chi connectivity index (χ3v) is 1.82. The van der Waals surface area contributed by atoms with Crippen LogP contribution in [0.25, 0.3) is 0 Å². The van der Waals surface area contributed by atoms with E-state index in [1.165, 1.54) is 18.2 Å². The first-order chi connectivity index (χ1) is 7.90. The predicted molar refractivity (Wildman–Crippen MR) is 53.2 cm³/mol. The van der Waals surface area contributed by atoms with Gasteiger partial charge in [-0.25, -0.2) is 0 Å². The van der Waals surface area contributed by atoms with Gasteiger partial charge in [0.05, 0.1) is 0 Å². The van der Waals surface area contributed by atoms with Crippen LogP contribution in [0.4, 0.5) is 13.2 Å². The van der Waals surface area contributed by atoms with Gasteiger partial charge in [-0.3, -0.25) is 4.79 Å². The predicted octanol–water partition coefficient (Wildman–Crippen LogP) is 3.04. The van der Waals surface area contributed by atoms with Gasteiger partial charge in [0.25, 0.3) is 0 Å². The number of rotatable bonds is 4. The average molecular weight is 248 g/mol. The number of alkyl halides is 3. The van der Waals surface area contributed by atoms with Crippen molar-refractivity contribution in [3.8, 4) is 5.75 Å². The van der Waals surface area contributed by atoms with E-state index in [2.05, 4.69) is 4.74 Å². The van der Waals surface area contributed by atoms with Gasteiger partial charge < -0.3 is 9.47 Å². The summed E-state index contributed by atoms with van der Waals surface area (Å²) in [4.78, 5) is 10.9. The fraction of sp³-hybridized carbons (Fsp3) is 0.364. The Hall–Kier alpha value is -1.72. The zero-order valence-electron chi connectivity index (χ0n) is 9.08. The molecule has 0 aliphatic heterocycles. The highest BCUT2D eigenvalue weighted by Crippen LogP contribution is 2.23. The highest BCUT2D eigenvalue weighted by atomic mass is 19.4. The Kier molecular flexibility index (Phi) is 4.37. The van der Waals surface area contributed by atoms with Crippen LogP contribution in [-0.2, 0) is 16.1 Å². The summed E-state index contributed by atoms with van der Waals surface area (Å²) in [7, 11) is 0. The van der Waals surface area contributed by atoms with Crippen molar-refractivity contribution in [3.05, 3.63) is 29.8 Å². The van der Waals surface area contributed by atoms with E-state index in [0.717, 1.165) is 0 Å². The number of carbonyl (C=O) groups excluding carboxylic acids is 1. The molecule has 0 N–H and O–H groups in total. The molecule has 3 nitrogen and oxygen atoms in total. The molecule has 6 heteroatoms. The second-order valence-corrected chi connectivity index (χ2v) is 3.21. The van der Waals surface area contributed by atoms with Crippen molar-refractivity contribution in [2.75, 3.05) is 0 Å². The van der Waals surface area contributed by atoms with Gasteiger partial charge in [0.2, 0.25) is 0 Å². The van der Waals surface area contributed by atoms with Gasteiger partial charge in [-0.1, -0.05) is 19.1 Å². The van der Waals surface area contributed by atoms with Crippen LogP contribution in [0.15, 0.2) is 24.3 Å². The van der Waals surface area contributed by atoms with Crippen molar-refractivity contribution in [2.45, 2.75) is 26.3 Å². The number of hydrogen-bond acceptors (Lipinski definition) is 3. The maximum absolute atomic E-state index is 11.9.